The van der Waals surface area contributed by atoms with Crippen molar-refractivity contribution in [1.29, 1.82) is 0 Å². The minimum absolute atomic E-state index is 0.130. The molecule has 7 nitrogen and oxygen atoms in total. The maximum absolute atomic E-state index is 13.2. The van der Waals surface area contributed by atoms with E-state index in [0.717, 1.165) is 52.7 Å². The quantitative estimate of drug-likeness (QED) is 0.586. The Morgan fingerprint density at radius 3 is 2.48 bits per heavy atom. The number of halogens is 1. The van der Waals surface area contributed by atoms with Crippen molar-refractivity contribution >= 4 is 23.2 Å². The number of aromatic nitrogens is 3. The van der Waals surface area contributed by atoms with Crippen molar-refractivity contribution in [3.63, 3.8) is 0 Å². The van der Waals surface area contributed by atoms with E-state index in [-0.39, 0.29) is 23.6 Å². The number of aryl methyl sites for hydroxylation is 3. The number of hydrogen-bond acceptors (Lipinski definition) is 6. The fourth-order valence-corrected chi connectivity index (χ4v) is 4.42. The summed E-state index contributed by atoms with van der Waals surface area (Å²) in [5, 5.41) is 3.31. The van der Waals surface area contributed by atoms with Gasteiger partial charge in [-0.05, 0) is 75.6 Å². The summed E-state index contributed by atoms with van der Waals surface area (Å²) in [6.07, 6.45) is 1.90. The Morgan fingerprint density at radius 1 is 1.09 bits per heavy atom. The average Bonchev–Trinajstić information content (AvgIpc) is 3.25. The lowest BCUT2D eigenvalue weighted by Crippen LogP contribution is -2.29. The maximum atomic E-state index is 13.2. The molecule has 3 N–H and O–H groups in total. The minimum atomic E-state index is -0.267. The summed E-state index contributed by atoms with van der Waals surface area (Å²) in [4.78, 5) is 28.0. The van der Waals surface area contributed by atoms with Crippen LogP contribution < -0.4 is 11.1 Å². The number of nitrogens with one attached hydrogen (secondary N) is 1. The lowest BCUT2D eigenvalue weighted by molar-refractivity contribution is -0.130. The van der Waals surface area contributed by atoms with Crippen LogP contribution in [0.15, 0.2) is 36.4 Å². The van der Waals surface area contributed by atoms with Gasteiger partial charge in [-0.3, -0.25) is 9.78 Å². The molecule has 0 aliphatic carbocycles. The summed E-state index contributed by atoms with van der Waals surface area (Å²) < 4.78 is 13.2. The highest BCUT2D eigenvalue weighted by Gasteiger charge is 2.28. The standard InChI is InChI=1S/C25H29FN6O/c1-15-12-21(31-20-6-4-19(26)5-7-20)13-23(28-15)18-10-11-32(14-18)24(33)9-8-22-16(2)29-25(27)30-17(22)3/h4-7,12-13,18H,8-11,14H2,1-3H3,(H,28,31)(H2,27,29,30)/t18-/m1/s1. The van der Waals surface area contributed by atoms with Crippen LogP contribution in [0.4, 0.5) is 21.7 Å². The van der Waals surface area contributed by atoms with Gasteiger partial charge in [0, 0.05) is 59.6 Å². The van der Waals surface area contributed by atoms with Gasteiger partial charge in [-0.25, -0.2) is 14.4 Å². The zero-order valence-electron chi connectivity index (χ0n) is 19.2. The first kappa shape index (κ1) is 22.6. The van der Waals surface area contributed by atoms with Crippen molar-refractivity contribution in [2.75, 3.05) is 24.1 Å². The third-order valence-corrected chi connectivity index (χ3v) is 6.09. The van der Waals surface area contributed by atoms with Gasteiger partial charge in [0.2, 0.25) is 11.9 Å². The number of amides is 1. The molecule has 0 spiro atoms. The van der Waals surface area contributed by atoms with Gasteiger partial charge in [0.05, 0.1) is 0 Å². The number of hydrogen-bond donors (Lipinski definition) is 2. The van der Waals surface area contributed by atoms with E-state index < -0.39 is 0 Å². The SMILES string of the molecule is Cc1cc(Nc2ccc(F)cc2)cc([C@@H]2CCN(C(=O)CCc3c(C)nc(N)nc3C)C2)n1. The molecule has 33 heavy (non-hydrogen) atoms. The Kier molecular flexibility index (Phi) is 6.53. The van der Waals surface area contributed by atoms with Crippen molar-refractivity contribution in [3.05, 3.63) is 70.6 Å². The molecule has 1 aliphatic heterocycles. The number of anilines is 3. The Morgan fingerprint density at radius 2 is 1.79 bits per heavy atom. The van der Waals surface area contributed by atoms with E-state index in [4.69, 9.17) is 10.7 Å². The molecule has 1 fully saturated rings. The molecule has 8 heteroatoms. The van der Waals surface area contributed by atoms with Gasteiger partial charge < -0.3 is 16.0 Å². The van der Waals surface area contributed by atoms with Gasteiger partial charge in [-0.15, -0.1) is 0 Å². The van der Waals surface area contributed by atoms with E-state index in [2.05, 4.69) is 15.3 Å². The second kappa shape index (κ2) is 9.52. The van der Waals surface area contributed by atoms with Gasteiger partial charge in [-0.1, -0.05) is 0 Å². The Bertz CT molecular complexity index is 1140. The zero-order valence-corrected chi connectivity index (χ0v) is 19.2. The Labute approximate surface area is 193 Å². The van der Waals surface area contributed by atoms with Crippen LogP contribution in [0, 0.1) is 26.6 Å². The van der Waals surface area contributed by atoms with Gasteiger partial charge in [0.25, 0.3) is 0 Å². The highest BCUT2D eigenvalue weighted by atomic mass is 19.1. The van der Waals surface area contributed by atoms with E-state index in [0.29, 0.717) is 19.4 Å². The van der Waals surface area contributed by atoms with Gasteiger partial charge in [-0.2, -0.15) is 0 Å². The van der Waals surface area contributed by atoms with E-state index in [1.807, 2.05) is 37.8 Å². The molecule has 1 amide bonds. The van der Waals surface area contributed by atoms with E-state index in [1.54, 1.807) is 12.1 Å². The Hall–Kier alpha value is -3.55. The fraction of sp³-hybridized carbons (Fsp3) is 0.360. The third kappa shape index (κ3) is 5.45. The lowest BCUT2D eigenvalue weighted by atomic mass is 10.0. The predicted octanol–water partition coefficient (Wildman–Crippen LogP) is 4.21. The highest BCUT2D eigenvalue weighted by molar-refractivity contribution is 5.77. The molecule has 1 atom stereocenters. The molecule has 1 aliphatic rings. The van der Waals surface area contributed by atoms with Crippen molar-refractivity contribution in [2.45, 2.75) is 46.0 Å². The number of nitrogen functional groups attached to an aromatic ring is 1. The van der Waals surface area contributed by atoms with Crippen LogP contribution >= 0.6 is 0 Å². The molecule has 0 bridgehead atoms. The molecule has 0 radical (unpaired) electrons. The molecule has 1 saturated heterocycles. The summed E-state index contributed by atoms with van der Waals surface area (Å²) in [7, 11) is 0. The van der Waals surface area contributed by atoms with Crippen LogP contribution in [0.1, 0.15) is 47.1 Å². The molecule has 3 heterocycles. The first-order valence-electron chi connectivity index (χ1n) is 11.2. The van der Waals surface area contributed by atoms with Crippen molar-refractivity contribution in [3.8, 4) is 0 Å². The first-order chi connectivity index (χ1) is 15.8. The van der Waals surface area contributed by atoms with Crippen molar-refractivity contribution < 1.29 is 9.18 Å². The minimum Gasteiger partial charge on any atom is -0.368 e. The van der Waals surface area contributed by atoms with Crippen LogP contribution in [0.2, 0.25) is 0 Å². The van der Waals surface area contributed by atoms with Gasteiger partial charge in [0.15, 0.2) is 0 Å². The number of likely N-dealkylation sites (tertiary alicyclic amines) is 1. The third-order valence-electron chi connectivity index (χ3n) is 6.09. The summed E-state index contributed by atoms with van der Waals surface area (Å²) in [5.74, 6) is 0.315. The van der Waals surface area contributed by atoms with Crippen LogP contribution in [0.3, 0.4) is 0 Å². The molecular formula is C25H29FN6O. The van der Waals surface area contributed by atoms with E-state index >= 15 is 0 Å². The normalized spacial score (nSPS) is 15.6. The number of pyridine rings is 1. The highest BCUT2D eigenvalue weighted by Crippen LogP contribution is 2.29. The largest absolute Gasteiger partial charge is 0.368 e. The second-order valence-electron chi connectivity index (χ2n) is 8.61. The summed E-state index contributed by atoms with van der Waals surface area (Å²) in [6, 6.07) is 10.2. The number of nitrogens with zero attached hydrogens (tertiary/aromatic N) is 4. The van der Waals surface area contributed by atoms with Crippen LogP contribution in [0.5, 0.6) is 0 Å². The molecule has 172 valence electrons. The second-order valence-corrected chi connectivity index (χ2v) is 8.61. The number of carbonyl (C=O) groups excluding carboxylic acids is 1. The summed E-state index contributed by atoms with van der Waals surface area (Å²) >= 11 is 0. The average molecular weight is 449 g/mol. The molecule has 4 rings (SSSR count). The monoisotopic (exact) mass is 448 g/mol. The molecule has 2 aromatic heterocycles. The molecule has 1 aromatic carbocycles. The zero-order chi connectivity index (χ0) is 23.5. The molecular weight excluding hydrogens is 419 g/mol. The summed E-state index contributed by atoms with van der Waals surface area (Å²) in [6.45, 7) is 7.13. The van der Waals surface area contributed by atoms with E-state index in [9.17, 15) is 9.18 Å². The molecule has 0 unspecified atom stereocenters. The van der Waals surface area contributed by atoms with Crippen LogP contribution in [0.25, 0.3) is 0 Å². The van der Waals surface area contributed by atoms with Crippen molar-refractivity contribution in [1.82, 2.24) is 19.9 Å². The first-order valence-corrected chi connectivity index (χ1v) is 11.2. The number of benzene rings is 1. The molecule has 0 saturated carbocycles. The maximum Gasteiger partial charge on any atom is 0.222 e. The summed E-state index contributed by atoms with van der Waals surface area (Å²) in [5.41, 5.74) is 11.9. The number of carbonyl (C=O) groups is 1. The Balaban J connectivity index is 1.39. The topological polar surface area (TPSA) is 97.0 Å². The van der Waals surface area contributed by atoms with Gasteiger partial charge >= 0.3 is 0 Å². The smallest absolute Gasteiger partial charge is 0.222 e. The number of rotatable bonds is 6. The fourth-order valence-electron chi connectivity index (χ4n) is 4.42. The predicted molar refractivity (Wildman–Crippen MR) is 127 cm³/mol. The van der Waals surface area contributed by atoms with Crippen molar-refractivity contribution in [2.24, 2.45) is 0 Å². The van der Waals surface area contributed by atoms with Crippen LogP contribution in [-0.2, 0) is 11.2 Å². The lowest BCUT2D eigenvalue weighted by Gasteiger charge is -2.18. The van der Waals surface area contributed by atoms with E-state index in [1.165, 1.54) is 12.1 Å². The van der Waals surface area contributed by atoms with Gasteiger partial charge in [0.1, 0.15) is 5.82 Å². The molecule has 3 aromatic rings. The van der Waals surface area contributed by atoms with Crippen LogP contribution in [-0.4, -0.2) is 38.8 Å². The number of nitrogens with two attached hydrogens (primary N) is 1.